The molecule has 0 saturated carbocycles. The minimum absolute atomic E-state index is 0.203. The van der Waals surface area contributed by atoms with Crippen LogP contribution < -0.4 is 5.32 Å². The Morgan fingerprint density at radius 1 is 1.11 bits per heavy atom. The first-order valence-electron chi connectivity index (χ1n) is 6.15. The van der Waals surface area contributed by atoms with Gasteiger partial charge in [-0.25, -0.2) is 13.2 Å². The molecule has 0 radical (unpaired) electrons. The van der Waals surface area contributed by atoms with E-state index in [0.717, 1.165) is 31.7 Å². The van der Waals surface area contributed by atoms with Gasteiger partial charge >= 0.3 is 0 Å². The second-order valence-electron chi connectivity index (χ2n) is 4.48. The molecule has 0 unspecified atom stereocenters. The highest BCUT2D eigenvalue weighted by Gasteiger charge is 2.25. The molecule has 0 aromatic heterocycles. The van der Waals surface area contributed by atoms with Gasteiger partial charge in [0.1, 0.15) is 5.82 Å². The van der Waals surface area contributed by atoms with Gasteiger partial charge in [0.05, 0.1) is 0 Å². The Morgan fingerprint density at radius 2 is 1.72 bits per heavy atom. The van der Waals surface area contributed by atoms with Gasteiger partial charge in [-0.05, 0) is 17.7 Å². The van der Waals surface area contributed by atoms with Crippen molar-refractivity contribution in [2.75, 3.05) is 26.2 Å². The first kappa shape index (κ1) is 13.4. The van der Waals surface area contributed by atoms with Crippen LogP contribution in [0.4, 0.5) is 13.2 Å². The summed E-state index contributed by atoms with van der Waals surface area (Å²) in [6.07, 6.45) is -2.55. The molecule has 0 amide bonds. The van der Waals surface area contributed by atoms with E-state index in [4.69, 9.17) is 0 Å². The highest BCUT2D eigenvalue weighted by molar-refractivity contribution is 5.20. The third kappa shape index (κ3) is 3.46. The highest BCUT2D eigenvalue weighted by Crippen LogP contribution is 2.27. The minimum Gasteiger partial charge on any atom is -0.314 e. The maximum Gasteiger partial charge on any atom is 0.240 e. The maximum absolute atomic E-state index is 12.9. The first-order valence-corrected chi connectivity index (χ1v) is 6.15. The average molecular weight is 258 g/mol. The number of benzene rings is 1. The van der Waals surface area contributed by atoms with Crippen molar-refractivity contribution in [3.8, 4) is 0 Å². The predicted molar refractivity (Wildman–Crippen MR) is 64.2 cm³/mol. The Labute approximate surface area is 105 Å². The molecule has 100 valence electrons. The largest absolute Gasteiger partial charge is 0.314 e. The Balaban J connectivity index is 2.15. The van der Waals surface area contributed by atoms with Gasteiger partial charge in [-0.2, -0.15) is 0 Å². The van der Waals surface area contributed by atoms with Crippen LogP contribution in [0.5, 0.6) is 0 Å². The summed E-state index contributed by atoms with van der Waals surface area (Å²) in [5.41, 5.74) is 0.763. The molecular weight excluding hydrogens is 241 g/mol. The van der Waals surface area contributed by atoms with E-state index in [1.165, 1.54) is 12.1 Å². The molecule has 2 nitrogen and oxygen atoms in total. The molecule has 1 aliphatic heterocycles. The zero-order valence-electron chi connectivity index (χ0n) is 10.1. The molecule has 0 bridgehead atoms. The van der Waals surface area contributed by atoms with Crippen LogP contribution in [-0.2, 0) is 0 Å². The van der Waals surface area contributed by atoms with Crippen molar-refractivity contribution in [3.63, 3.8) is 0 Å². The molecule has 1 aromatic carbocycles. The fourth-order valence-corrected chi connectivity index (χ4v) is 2.34. The monoisotopic (exact) mass is 258 g/mol. The smallest absolute Gasteiger partial charge is 0.240 e. The fourth-order valence-electron chi connectivity index (χ4n) is 2.34. The molecule has 1 heterocycles. The summed E-state index contributed by atoms with van der Waals surface area (Å²) in [4.78, 5) is 2.04. The molecule has 5 heteroatoms. The molecule has 1 fully saturated rings. The number of nitrogens with one attached hydrogen (secondary N) is 1. The number of piperazine rings is 1. The van der Waals surface area contributed by atoms with Crippen LogP contribution in [0.3, 0.4) is 0 Å². The molecule has 0 spiro atoms. The molecule has 1 saturated heterocycles. The van der Waals surface area contributed by atoms with Gasteiger partial charge in [0.15, 0.2) is 0 Å². The van der Waals surface area contributed by atoms with Crippen molar-refractivity contribution in [3.05, 3.63) is 35.6 Å². The molecule has 1 N–H and O–H groups in total. The van der Waals surface area contributed by atoms with Gasteiger partial charge in [0, 0.05) is 38.6 Å². The molecule has 18 heavy (non-hydrogen) atoms. The average Bonchev–Trinajstić information content (AvgIpc) is 2.38. The van der Waals surface area contributed by atoms with Crippen molar-refractivity contribution in [1.82, 2.24) is 10.2 Å². The maximum atomic E-state index is 12.9. The molecule has 0 aliphatic carbocycles. The number of alkyl halides is 2. The van der Waals surface area contributed by atoms with Gasteiger partial charge < -0.3 is 5.32 Å². The van der Waals surface area contributed by atoms with E-state index in [0.29, 0.717) is 0 Å². The van der Waals surface area contributed by atoms with Crippen molar-refractivity contribution < 1.29 is 13.2 Å². The van der Waals surface area contributed by atoms with E-state index in [1.54, 1.807) is 12.1 Å². The lowest BCUT2D eigenvalue weighted by Crippen LogP contribution is -2.45. The van der Waals surface area contributed by atoms with Crippen molar-refractivity contribution in [1.29, 1.82) is 0 Å². The van der Waals surface area contributed by atoms with E-state index in [2.05, 4.69) is 5.32 Å². The molecule has 1 aliphatic rings. The highest BCUT2D eigenvalue weighted by atomic mass is 19.3. The third-order valence-electron chi connectivity index (χ3n) is 3.25. The first-order chi connectivity index (χ1) is 8.66. The normalized spacial score (nSPS) is 19.1. The zero-order chi connectivity index (χ0) is 13.0. The summed E-state index contributed by atoms with van der Waals surface area (Å²) in [5.74, 6) is -0.338. The third-order valence-corrected chi connectivity index (χ3v) is 3.25. The van der Waals surface area contributed by atoms with Gasteiger partial charge in [0.2, 0.25) is 6.43 Å². The second-order valence-corrected chi connectivity index (χ2v) is 4.48. The summed E-state index contributed by atoms with van der Waals surface area (Å²) in [5, 5.41) is 3.19. The molecular formula is C13H17F3N2. The van der Waals surface area contributed by atoms with Crippen molar-refractivity contribution in [2.24, 2.45) is 0 Å². The van der Waals surface area contributed by atoms with E-state index < -0.39 is 6.43 Å². The Kier molecular flexibility index (Phi) is 4.60. The van der Waals surface area contributed by atoms with E-state index in [9.17, 15) is 13.2 Å². The lowest BCUT2D eigenvalue weighted by molar-refractivity contribution is 0.0739. The Morgan fingerprint density at radius 3 is 2.28 bits per heavy atom. The Hall–Kier alpha value is -1.07. The summed E-state index contributed by atoms with van der Waals surface area (Å²) in [7, 11) is 0. The van der Waals surface area contributed by atoms with Gasteiger partial charge in [-0.15, -0.1) is 0 Å². The van der Waals surface area contributed by atoms with Crippen LogP contribution in [0.2, 0.25) is 0 Å². The SMILES string of the molecule is Fc1ccc([C@@H](CC(F)F)N2CCNCC2)cc1. The number of hydrogen-bond acceptors (Lipinski definition) is 2. The molecule has 1 atom stereocenters. The number of nitrogens with zero attached hydrogens (tertiary/aromatic N) is 1. The summed E-state index contributed by atoms with van der Waals surface area (Å²) >= 11 is 0. The fraction of sp³-hybridized carbons (Fsp3) is 0.538. The number of hydrogen-bond donors (Lipinski definition) is 1. The lowest BCUT2D eigenvalue weighted by Gasteiger charge is -2.35. The van der Waals surface area contributed by atoms with Crippen molar-refractivity contribution >= 4 is 0 Å². The van der Waals surface area contributed by atoms with Crippen LogP contribution >= 0.6 is 0 Å². The van der Waals surface area contributed by atoms with Gasteiger partial charge in [-0.3, -0.25) is 4.90 Å². The van der Waals surface area contributed by atoms with Crippen LogP contribution in [0.15, 0.2) is 24.3 Å². The summed E-state index contributed by atoms with van der Waals surface area (Å²) in [6, 6.07) is 5.54. The van der Waals surface area contributed by atoms with Gasteiger partial charge in [0.25, 0.3) is 0 Å². The van der Waals surface area contributed by atoms with Crippen LogP contribution in [0, 0.1) is 5.82 Å². The summed E-state index contributed by atoms with van der Waals surface area (Å²) < 4.78 is 38.3. The quantitative estimate of drug-likeness (QED) is 0.892. The van der Waals surface area contributed by atoms with Crippen LogP contribution in [0.1, 0.15) is 18.0 Å². The van der Waals surface area contributed by atoms with Crippen molar-refractivity contribution in [2.45, 2.75) is 18.9 Å². The number of rotatable bonds is 4. The van der Waals surface area contributed by atoms with E-state index in [-0.39, 0.29) is 18.3 Å². The van der Waals surface area contributed by atoms with Crippen LogP contribution in [-0.4, -0.2) is 37.5 Å². The molecule has 1 aromatic rings. The predicted octanol–water partition coefficient (Wildman–Crippen LogP) is 2.43. The lowest BCUT2D eigenvalue weighted by atomic mass is 10.0. The molecule has 2 rings (SSSR count). The number of halogens is 3. The Bertz CT molecular complexity index is 361. The standard InChI is InChI=1S/C13H17F3N2/c14-11-3-1-10(2-4-11)12(9-13(15)16)18-7-5-17-6-8-18/h1-4,12-13,17H,5-9H2/t12-/m1/s1. The van der Waals surface area contributed by atoms with E-state index >= 15 is 0 Å². The zero-order valence-corrected chi connectivity index (χ0v) is 10.1. The second kappa shape index (κ2) is 6.20. The van der Waals surface area contributed by atoms with Gasteiger partial charge in [-0.1, -0.05) is 12.1 Å². The summed E-state index contributed by atoms with van der Waals surface area (Å²) in [6.45, 7) is 3.10. The topological polar surface area (TPSA) is 15.3 Å². The minimum atomic E-state index is -2.35. The van der Waals surface area contributed by atoms with Crippen LogP contribution in [0.25, 0.3) is 0 Å². The van der Waals surface area contributed by atoms with E-state index in [1.807, 2.05) is 4.90 Å².